The van der Waals surface area contributed by atoms with Crippen LogP contribution in [0.1, 0.15) is 5.56 Å². The normalized spacial score (nSPS) is 11.3. The van der Waals surface area contributed by atoms with Crippen molar-refractivity contribution in [2.75, 3.05) is 17.3 Å². The van der Waals surface area contributed by atoms with Crippen LogP contribution >= 0.6 is 11.6 Å². The van der Waals surface area contributed by atoms with Gasteiger partial charge in [-0.25, -0.2) is 12.8 Å². The lowest BCUT2D eigenvalue weighted by atomic mass is 10.2. The highest BCUT2D eigenvalue weighted by molar-refractivity contribution is 7.92. The van der Waals surface area contributed by atoms with Crippen LogP contribution in [0.2, 0.25) is 5.02 Å². The second-order valence-electron chi connectivity index (χ2n) is 6.28. The molecule has 0 aromatic heterocycles. The van der Waals surface area contributed by atoms with Crippen molar-refractivity contribution in [1.82, 2.24) is 0 Å². The fraction of sp³-hybridized carbons (Fsp3) is 0.0500. The lowest BCUT2D eigenvalue weighted by Crippen LogP contribution is -2.15. The van der Waals surface area contributed by atoms with Gasteiger partial charge >= 0.3 is 0 Å². The van der Waals surface area contributed by atoms with Crippen molar-refractivity contribution in [1.29, 1.82) is 0 Å². The number of halogens is 2. The SMILES string of the molecule is COc1ccc(NS(=O)(=O)c2cc([N+](=O)[O-])ccc2NN=Cc2c(F)cccc2Cl)cc1. The molecule has 0 aliphatic rings. The van der Waals surface area contributed by atoms with Crippen molar-refractivity contribution in [3.63, 3.8) is 0 Å². The number of hydrazone groups is 1. The Hall–Kier alpha value is -3.70. The van der Waals surface area contributed by atoms with Crippen molar-refractivity contribution < 1.29 is 22.5 Å². The summed E-state index contributed by atoms with van der Waals surface area (Å²) < 4.78 is 47.2. The third-order valence-electron chi connectivity index (χ3n) is 4.19. The molecule has 0 spiro atoms. The number of nitro benzene ring substituents is 1. The van der Waals surface area contributed by atoms with Crippen LogP contribution in [-0.4, -0.2) is 26.7 Å². The van der Waals surface area contributed by atoms with Gasteiger partial charge in [-0.2, -0.15) is 5.10 Å². The molecule has 32 heavy (non-hydrogen) atoms. The first kappa shape index (κ1) is 23.0. The molecule has 0 amide bonds. The minimum Gasteiger partial charge on any atom is -0.497 e. The van der Waals surface area contributed by atoms with Gasteiger partial charge in [0.05, 0.1) is 29.0 Å². The Bertz CT molecular complexity index is 1260. The lowest BCUT2D eigenvalue weighted by molar-refractivity contribution is -0.385. The number of methoxy groups -OCH3 is 1. The summed E-state index contributed by atoms with van der Waals surface area (Å²) >= 11 is 5.93. The van der Waals surface area contributed by atoms with E-state index in [0.717, 1.165) is 18.3 Å². The lowest BCUT2D eigenvalue weighted by Gasteiger charge is -2.12. The Morgan fingerprint density at radius 3 is 2.50 bits per heavy atom. The first-order valence-corrected chi connectivity index (χ1v) is 10.8. The molecular weight excluding hydrogens is 463 g/mol. The molecule has 0 saturated heterocycles. The monoisotopic (exact) mass is 478 g/mol. The molecule has 0 atom stereocenters. The average Bonchev–Trinajstić information content (AvgIpc) is 2.76. The van der Waals surface area contributed by atoms with Gasteiger partial charge in [-0.05, 0) is 42.5 Å². The number of benzene rings is 3. The van der Waals surface area contributed by atoms with Crippen LogP contribution in [0.3, 0.4) is 0 Å². The summed E-state index contributed by atoms with van der Waals surface area (Å²) in [5, 5.41) is 15.1. The van der Waals surface area contributed by atoms with Gasteiger partial charge in [0.25, 0.3) is 15.7 Å². The number of non-ortho nitro benzene ring substituents is 1. The average molecular weight is 479 g/mol. The minimum absolute atomic E-state index is 0.00987. The summed E-state index contributed by atoms with van der Waals surface area (Å²) in [4.78, 5) is 10.0. The van der Waals surface area contributed by atoms with Gasteiger partial charge < -0.3 is 4.74 Å². The molecule has 0 bridgehead atoms. The highest BCUT2D eigenvalue weighted by Gasteiger charge is 2.23. The van der Waals surface area contributed by atoms with Crippen molar-refractivity contribution in [3.05, 3.63) is 87.2 Å². The van der Waals surface area contributed by atoms with E-state index in [-0.39, 0.29) is 22.0 Å². The molecule has 0 heterocycles. The summed E-state index contributed by atoms with van der Waals surface area (Å²) in [6.45, 7) is 0. The number of rotatable bonds is 8. The zero-order chi connectivity index (χ0) is 23.3. The molecule has 12 heteroatoms. The molecule has 0 unspecified atom stereocenters. The van der Waals surface area contributed by atoms with Crippen LogP contribution in [0, 0.1) is 15.9 Å². The molecular formula is C20H16ClFN4O5S. The van der Waals surface area contributed by atoms with Gasteiger partial charge in [0.15, 0.2) is 0 Å². The van der Waals surface area contributed by atoms with E-state index in [1.165, 1.54) is 43.5 Å². The fourth-order valence-corrected chi connectivity index (χ4v) is 4.06. The predicted octanol–water partition coefficient (Wildman–Crippen LogP) is 4.64. The van der Waals surface area contributed by atoms with Gasteiger partial charge in [-0.1, -0.05) is 17.7 Å². The van der Waals surface area contributed by atoms with Gasteiger partial charge in [-0.15, -0.1) is 0 Å². The number of nitrogens with zero attached hydrogens (tertiary/aromatic N) is 2. The van der Waals surface area contributed by atoms with Crippen LogP contribution < -0.4 is 14.9 Å². The third-order valence-corrected chi connectivity index (χ3v) is 5.94. The molecule has 0 aliphatic carbocycles. The number of sulfonamides is 1. The second kappa shape index (κ2) is 9.62. The highest BCUT2D eigenvalue weighted by atomic mass is 35.5. The summed E-state index contributed by atoms with van der Waals surface area (Å²) in [7, 11) is -2.80. The van der Waals surface area contributed by atoms with Crippen molar-refractivity contribution in [3.8, 4) is 5.75 Å². The first-order chi connectivity index (χ1) is 15.2. The number of hydrogen-bond acceptors (Lipinski definition) is 7. The van der Waals surface area contributed by atoms with Crippen molar-refractivity contribution in [2.45, 2.75) is 4.90 Å². The van der Waals surface area contributed by atoms with E-state index < -0.39 is 31.3 Å². The van der Waals surface area contributed by atoms with E-state index in [9.17, 15) is 22.9 Å². The topological polar surface area (TPSA) is 123 Å². The molecule has 0 saturated carbocycles. The zero-order valence-corrected chi connectivity index (χ0v) is 18.0. The quantitative estimate of drug-likeness (QED) is 0.276. The third kappa shape index (κ3) is 5.31. The zero-order valence-electron chi connectivity index (χ0n) is 16.5. The minimum atomic E-state index is -4.26. The smallest absolute Gasteiger partial charge is 0.270 e. The van der Waals surface area contributed by atoms with E-state index in [0.29, 0.717) is 5.75 Å². The molecule has 0 fully saturated rings. The van der Waals surface area contributed by atoms with Crippen LogP contribution in [0.15, 0.2) is 70.7 Å². The largest absolute Gasteiger partial charge is 0.497 e. The van der Waals surface area contributed by atoms with Crippen LogP contribution in [0.25, 0.3) is 0 Å². The Morgan fingerprint density at radius 1 is 1.16 bits per heavy atom. The number of ether oxygens (including phenoxy) is 1. The van der Waals surface area contributed by atoms with Crippen LogP contribution in [-0.2, 0) is 10.0 Å². The summed E-state index contributed by atoms with van der Waals surface area (Å²) in [6.07, 6.45) is 1.08. The molecule has 3 rings (SSSR count). The standard InChI is InChI=1S/C20H16ClFN4O5S/c1-31-15-8-5-13(6-9-15)25-32(29,30)20-11-14(26(27)28)7-10-19(20)24-23-12-16-17(21)3-2-4-18(16)22/h2-12,24-25H,1H3. The molecule has 3 aromatic rings. The second-order valence-corrected chi connectivity index (χ2v) is 8.33. The van der Waals surface area contributed by atoms with Gasteiger partial charge in [0.1, 0.15) is 16.5 Å². The van der Waals surface area contributed by atoms with E-state index in [1.54, 1.807) is 12.1 Å². The fourth-order valence-electron chi connectivity index (χ4n) is 2.61. The molecule has 9 nitrogen and oxygen atoms in total. The van der Waals surface area contributed by atoms with Gasteiger partial charge in [0, 0.05) is 23.4 Å². The Balaban J connectivity index is 1.95. The molecule has 166 valence electrons. The van der Waals surface area contributed by atoms with Crippen LogP contribution in [0.4, 0.5) is 21.5 Å². The van der Waals surface area contributed by atoms with Crippen LogP contribution in [0.5, 0.6) is 5.75 Å². The Labute approximate surface area is 187 Å². The Morgan fingerprint density at radius 2 is 1.88 bits per heavy atom. The maximum absolute atomic E-state index is 13.9. The maximum Gasteiger partial charge on any atom is 0.270 e. The summed E-state index contributed by atoms with van der Waals surface area (Å²) in [5.74, 6) is -0.104. The number of nitrogens with one attached hydrogen (secondary N) is 2. The van der Waals surface area contributed by atoms with Crippen molar-refractivity contribution >= 4 is 44.9 Å². The first-order valence-electron chi connectivity index (χ1n) is 8.89. The Kier molecular flexibility index (Phi) is 6.91. The predicted molar refractivity (Wildman–Crippen MR) is 120 cm³/mol. The number of nitro groups is 1. The molecule has 0 aliphatic heterocycles. The van der Waals surface area contributed by atoms with E-state index >= 15 is 0 Å². The summed E-state index contributed by atoms with van der Waals surface area (Å²) in [6, 6.07) is 13.3. The molecule has 0 radical (unpaired) electrons. The van der Waals surface area contributed by atoms with E-state index in [4.69, 9.17) is 16.3 Å². The number of anilines is 2. The molecule has 2 N–H and O–H groups in total. The highest BCUT2D eigenvalue weighted by Crippen LogP contribution is 2.29. The van der Waals surface area contributed by atoms with Crippen molar-refractivity contribution in [2.24, 2.45) is 5.10 Å². The van der Waals surface area contributed by atoms with E-state index in [2.05, 4.69) is 15.2 Å². The van der Waals surface area contributed by atoms with Gasteiger partial charge in [-0.3, -0.25) is 20.3 Å². The summed E-state index contributed by atoms with van der Waals surface area (Å²) in [5.41, 5.74) is 2.17. The maximum atomic E-state index is 13.9. The van der Waals surface area contributed by atoms with E-state index in [1.807, 2.05) is 0 Å². The van der Waals surface area contributed by atoms with Gasteiger partial charge in [0.2, 0.25) is 0 Å². The number of hydrogen-bond donors (Lipinski definition) is 2. The molecule has 3 aromatic carbocycles.